The number of nitrogens with zero attached hydrogens (tertiary/aromatic N) is 1. The van der Waals surface area contributed by atoms with Crippen LogP contribution in [-0.2, 0) is 14.4 Å². The molecule has 0 aliphatic carbocycles. The monoisotopic (exact) mass is 269 g/mol. The smallest absolute Gasteiger partial charge is 0.347 e. The molecule has 0 spiro atoms. The van der Waals surface area contributed by atoms with Crippen molar-refractivity contribution in [2.75, 3.05) is 13.2 Å². The van der Waals surface area contributed by atoms with Gasteiger partial charge in [0.1, 0.15) is 0 Å². The van der Waals surface area contributed by atoms with E-state index in [4.69, 9.17) is 21.2 Å². The van der Waals surface area contributed by atoms with Gasteiger partial charge >= 0.3 is 5.97 Å². The Labute approximate surface area is 112 Å². The molecular weight excluding hydrogens is 254 g/mol. The number of hydrogen-bond acceptors (Lipinski definition) is 4. The predicted molar refractivity (Wildman–Crippen MR) is 70.9 cm³/mol. The molecule has 5 heteroatoms. The molecule has 1 rings (SSSR count). The van der Waals surface area contributed by atoms with Crippen LogP contribution in [-0.4, -0.2) is 24.9 Å². The largest absolute Gasteiger partial charge is 0.463 e. The van der Waals surface area contributed by atoms with Gasteiger partial charge in [0.15, 0.2) is 0 Å². The van der Waals surface area contributed by atoms with Crippen molar-refractivity contribution in [1.82, 2.24) is 0 Å². The lowest BCUT2D eigenvalue weighted by Crippen LogP contribution is -2.12. The van der Waals surface area contributed by atoms with Crippen molar-refractivity contribution in [2.45, 2.75) is 20.3 Å². The van der Waals surface area contributed by atoms with Crippen LogP contribution in [0, 0.1) is 0 Å². The zero-order chi connectivity index (χ0) is 13.4. The second kappa shape index (κ2) is 7.71. The fourth-order valence-electron chi connectivity index (χ4n) is 1.18. The molecule has 0 amide bonds. The number of rotatable bonds is 6. The molecule has 0 saturated carbocycles. The van der Waals surface area contributed by atoms with E-state index in [2.05, 4.69) is 5.16 Å². The van der Waals surface area contributed by atoms with Gasteiger partial charge in [-0.25, -0.2) is 4.79 Å². The minimum Gasteiger partial charge on any atom is -0.463 e. The lowest BCUT2D eigenvalue weighted by atomic mass is 10.1. The van der Waals surface area contributed by atoms with Crippen LogP contribution < -0.4 is 0 Å². The maximum absolute atomic E-state index is 11.1. The number of carbonyl (C=O) groups is 1. The van der Waals surface area contributed by atoms with Gasteiger partial charge in [0, 0.05) is 5.02 Å². The summed E-state index contributed by atoms with van der Waals surface area (Å²) in [7, 11) is 0. The zero-order valence-electron chi connectivity index (χ0n) is 10.5. The fourth-order valence-corrected chi connectivity index (χ4v) is 1.31. The average Bonchev–Trinajstić information content (AvgIpc) is 2.37. The Bertz CT molecular complexity index is 415. The Morgan fingerprint density at radius 1 is 1.33 bits per heavy atom. The van der Waals surface area contributed by atoms with Crippen molar-refractivity contribution in [3.8, 4) is 0 Å². The normalized spacial score (nSPS) is 11.2. The minimum absolute atomic E-state index is 0.176. The predicted octanol–water partition coefficient (Wildman–Crippen LogP) is 3.03. The van der Waals surface area contributed by atoms with Crippen LogP contribution in [0.25, 0.3) is 0 Å². The van der Waals surface area contributed by atoms with E-state index in [1.807, 2.05) is 19.1 Å². The maximum Gasteiger partial charge on any atom is 0.347 e. The molecule has 4 nitrogen and oxygen atoms in total. The molecule has 0 atom stereocenters. The van der Waals surface area contributed by atoms with Crippen LogP contribution >= 0.6 is 11.6 Å². The molecule has 0 aromatic heterocycles. The average molecular weight is 270 g/mol. The minimum atomic E-state index is -0.412. The summed E-state index contributed by atoms with van der Waals surface area (Å²) in [5.74, 6) is -0.412. The highest BCUT2D eigenvalue weighted by molar-refractivity contribution is 6.30. The number of oxime groups is 1. The summed E-state index contributed by atoms with van der Waals surface area (Å²) in [6.45, 7) is 3.95. The zero-order valence-corrected chi connectivity index (χ0v) is 11.2. The Hall–Kier alpha value is -1.55. The molecule has 18 heavy (non-hydrogen) atoms. The van der Waals surface area contributed by atoms with E-state index in [1.165, 1.54) is 0 Å². The molecule has 1 aromatic rings. The molecule has 0 N–H and O–H groups in total. The van der Waals surface area contributed by atoms with E-state index < -0.39 is 5.97 Å². The quantitative estimate of drug-likeness (QED) is 0.453. The highest BCUT2D eigenvalue weighted by Crippen LogP contribution is 2.10. The first-order valence-corrected chi connectivity index (χ1v) is 6.09. The summed E-state index contributed by atoms with van der Waals surface area (Å²) in [6, 6.07) is 7.21. The molecule has 1 aromatic carbocycles. The Kier molecular flexibility index (Phi) is 6.22. The highest BCUT2D eigenvalue weighted by Gasteiger charge is 2.03. The maximum atomic E-state index is 11.1. The van der Waals surface area contributed by atoms with Crippen molar-refractivity contribution in [2.24, 2.45) is 5.16 Å². The molecule has 0 radical (unpaired) electrons. The molecule has 0 unspecified atom stereocenters. The lowest BCUT2D eigenvalue weighted by Gasteiger charge is -2.03. The highest BCUT2D eigenvalue weighted by atomic mass is 35.5. The summed E-state index contributed by atoms with van der Waals surface area (Å²) in [6.07, 6.45) is 0.790. The van der Waals surface area contributed by atoms with Crippen LogP contribution in [0.3, 0.4) is 0 Å². The molecule has 0 aliphatic heterocycles. The first-order chi connectivity index (χ1) is 8.63. The second-order valence-corrected chi connectivity index (χ2v) is 4.11. The van der Waals surface area contributed by atoms with Crippen LogP contribution in [0.5, 0.6) is 0 Å². The number of esters is 1. The Balaban J connectivity index is 2.42. The topological polar surface area (TPSA) is 47.9 Å². The van der Waals surface area contributed by atoms with Crippen molar-refractivity contribution < 1.29 is 14.4 Å². The van der Waals surface area contributed by atoms with Gasteiger partial charge in [0.2, 0.25) is 6.61 Å². The summed E-state index contributed by atoms with van der Waals surface area (Å²) < 4.78 is 4.84. The molecule has 0 aliphatic rings. The molecule has 0 bridgehead atoms. The van der Waals surface area contributed by atoms with E-state index in [0.717, 1.165) is 12.0 Å². The third-order valence-corrected chi connectivity index (χ3v) is 2.37. The summed E-state index contributed by atoms with van der Waals surface area (Å²) in [5, 5.41) is 4.51. The second-order valence-electron chi connectivity index (χ2n) is 3.68. The third kappa shape index (κ3) is 5.19. The SMILES string of the molecule is CCCOC(=O)CO/N=C(\C)c1ccc(Cl)cc1. The van der Waals surface area contributed by atoms with Crippen molar-refractivity contribution >= 4 is 23.3 Å². The van der Waals surface area contributed by atoms with E-state index in [0.29, 0.717) is 17.3 Å². The third-order valence-electron chi connectivity index (χ3n) is 2.11. The van der Waals surface area contributed by atoms with Gasteiger partial charge in [0.05, 0.1) is 12.3 Å². The van der Waals surface area contributed by atoms with Crippen molar-refractivity contribution in [3.63, 3.8) is 0 Å². The summed E-state index contributed by atoms with van der Waals surface area (Å²) in [5.41, 5.74) is 1.57. The van der Waals surface area contributed by atoms with Gasteiger partial charge < -0.3 is 9.57 Å². The number of ether oxygens (including phenoxy) is 1. The van der Waals surface area contributed by atoms with E-state index in [1.54, 1.807) is 19.1 Å². The van der Waals surface area contributed by atoms with E-state index in [9.17, 15) is 4.79 Å². The van der Waals surface area contributed by atoms with Gasteiger partial charge in [-0.2, -0.15) is 0 Å². The standard InChI is InChI=1S/C13H16ClNO3/c1-3-8-17-13(16)9-18-15-10(2)11-4-6-12(14)7-5-11/h4-7H,3,8-9H2,1-2H3/b15-10+. The Morgan fingerprint density at radius 2 is 2.00 bits per heavy atom. The first-order valence-electron chi connectivity index (χ1n) is 5.71. The fraction of sp³-hybridized carbons (Fsp3) is 0.385. The number of carbonyl (C=O) groups excluding carboxylic acids is 1. The number of halogens is 1. The van der Waals surface area contributed by atoms with E-state index >= 15 is 0 Å². The van der Waals surface area contributed by atoms with Crippen molar-refractivity contribution in [1.29, 1.82) is 0 Å². The number of benzene rings is 1. The van der Waals surface area contributed by atoms with Crippen molar-refractivity contribution in [3.05, 3.63) is 34.9 Å². The molecule has 0 heterocycles. The van der Waals surface area contributed by atoms with Gasteiger partial charge in [-0.3, -0.25) is 0 Å². The molecule has 0 saturated heterocycles. The van der Waals surface area contributed by atoms with Gasteiger partial charge in [-0.15, -0.1) is 0 Å². The summed E-state index contributed by atoms with van der Waals surface area (Å²) >= 11 is 5.78. The van der Waals surface area contributed by atoms with Gasteiger partial charge in [-0.05, 0) is 31.0 Å². The first kappa shape index (κ1) is 14.5. The van der Waals surface area contributed by atoms with Crippen LogP contribution in [0.2, 0.25) is 5.02 Å². The lowest BCUT2D eigenvalue weighted by molar-refractivity contribution is -0.148. The van der Waals surface area contributed by atoms with Gasteiger partial charge in [-0.1, -0.05) is 35.8 Å². The molecular formula is C13H16ClNO3. The number of hydrogen-bond donors (Lipinski definition) is 0. The van der Waals surface area contributed by atoms with Gasteiger partial charge in [0.25, 0.3) is 0 Å². The summed E-state index contributed by atoms with van der Waals surface area (Å²) in [4.78, 5) is 16.1. The van der Waals surface area contributed by atoms with Crippen LogP contribution in [0.15, 0.2) is 29.4 Å². The molecule has 0 fully saturated rings. The van der Waals surface area contributed by atoms with Crippen LogP contribution in [0.1, 0.15) is 25.8 Å². The molecule has 98 valence electrons. The van der Waals surface area contributed by atoms with E-state index in [-0.39, 0.29) is 6.61 Å². The Morgan fingerprint density at radius 3 is 2.61 bits per heavy atom. The van der Waals surface area contributed by atoms with Crippen LogP contribution in [0.4, 0.5) is 0 Å².